The number of carbonyl (C=O) groups excluding carboxylic acids is 1. The predicted molar refractivity (Wildman–Crippen MR) is 66.6 cm³/mol. The Morgan fingerprint density at radius 3 is 2.67 bits per heavy atom. The number of nitrogens with one attached hydrogen (secondary N) is 1. The van der Waals surface area contributed by atoms with E-state index in [4.69, 9.17) is 10.8 Å². The number of hydrogen-bond acceptors (Lipinski definition) is 4. The highest BCUT2D eigenvalue weighted by atomic mass is 16.4. The van der Waals surface area contributed by atoms with Crippen molar-refractivity contribution in [3.8, 4) is 5.75 Å². The van der Waals surface area contributed by atoms with Crippen LogP contribution >= 0.6 is 0 Å². The van der Waals surface area contributed by atoms with Crippen LogP contribution in [0.4, 0.5) is 5.69 Å². The van der Waals surface area contributed by atoms with Gasteiger partial charge in [0.05, 0.1) is 11.3 Å². The van der Waals surface area contributed by atoms with Gasteiger partial charge in [0.15, 0.2) is 0 Å². The van der Waals surface area contributed by atoms with Gasteiger partial charge in [-0.2, -0.15) is 0 Å². The second kappa shape index (κ2) is 6.02. The van der Waals surface area contributed by atoms with Crippen molar-refractivity contribution in [3.63, 3.8) is 0 Å². The molecule has 1 aromatic rings. The fourth-order valence-corrected chi connectivity index (χ4v) is 1.40. The minimum atomic E-state index is -1.22. The van der Waals surface area contributed by atoms with Crippen LogP contribution < -0.4 is 11.1 Å². The zero-order valence-corrected chi connectivity index (χ0v) is 10.0. The van der Waals surface area contributed by atoms with Crippen molar-refractivity contribution >= 4 is 17.6 Å². The molecule has 0 aliphatic carbocycles. The quantitative estimate of drug-likeness (QED) is 0.587. The van der Waals surface area contributed by atoms with Crippen molar-refractivity contribution < 1.29 is 19.8 Å². The Morgan fingerprint density at radius 1 is 1.44 bits per heavy atom. The van der Waals surface area contributed by atoms with Crippen LogP contribution in [0.1, 0.15) is 30.1 Å². The third-order valence-corrected chi connectivity index (χ3v) is 2.48. The Kier molecular flexibility index (Phi) is 4.67. The first-order chi connectivity index (χ1) is 8.43. The summed E-state index contributed by atoms with van der Waals surface area (Å²) < 4.78 is 0. The number of anilines is 1. The summed E-state index contributed by atoms with van der Waals surface area (Å²) in [5.74, 6) is -1.74. The maximum Gasteiger partial charge on any atom is 0.337 e. The molecular weight excluding hydrogens is 236 g/mol. The van der Waals surface area contributed by atoms with Crippen molar-refractivity contribution in [1.82, 2.24) is 0 Å². The van der Waals surface area contributed by atoms with E-state index in [-0.39, 0.29) is 35.4 Å². The number of hydrogen-bond donors (Lipinski definition) is 4. The molecule has 1 rings (SSSR count). The number of aromatic carboxylic acids is 1. The molecule has 0 bridgehead atoms. The fourth-order valence-electron chi connectivity index (χ4n) is 1.40. The van der Waals surface area contributed by atoms with Crippen molar-refractivity contribution in [2.45, 2.75) is 25.8 Å². The first-order valence-corrected chi connectivity index (χ1v) is 5.55. The van der Waals surface area contributed by atoms with Crippen LogP contribution in [0.15, 0.2) is 18.2 Å². The van der Waals surface area contributed by atoms with E-state index in [1.165, 1.54) is 12.1 Å². The van der Waals surface area contributed by atoms with Crippen LogP contribution in [0, 0.1) is 0 Å². The van der Waals surface area contributed by atoms with Gasteiger partial charge in [-0.25, -0.2) is 4.79 Å². The zero-order chi connectivity index (χ0) is 13.7. The number of nitrogens with two attached hydrogens (primary N) is 1. The second-order valence-electron chi connectivity index (χ2n) is 3.96. The molecule has 0 saturated heterocycles. The molecule has 0 fully saturated rings. The van der Waals surface area contributed by atoms with E-state index in [9.17, 15) is 14.7 Å². The van der Waals surface area contributed by atoms with E-state index in [0.717, 1.165) is 6.07 Å². The Labute approximate surface area is 104 Å². The number of amides is 1. The highest BCUT2D eigenvalue weighted by Crippen LogP contribution is 2.21. The van der Waals surface area contributed by atoms with Gasteiger partial charge in [-0.05, 0) is 24.6 Å². The molecule has 1 amide bonds. The molecule has 1 unspecified atom stereocenters. The lowest BCUT2D eigenvalue weighted by molar-refractivity contribution is -0.116. The number of rotatable bonds is 5. The second-order valence-corrected chi connectivity index (χ2v) is 3.96. The van der Waals surface area contributed by atoms with E-state index in [1.807, 2.05) is 6.92 Å². The van der Waals surface area contributed by atoms with Crippen LogP contribution in [0.2, 0.25) is 0 Å². The van der Waals surface area contributed by atoms with Crippen molar-refractivity contribution in [2.24, 2.45) is 5.73 Å². The number of benzene rings is 1. The van der Waals surface area contributed by atoms with Gasteiger partial charge in [0.1, 0.15) is 5.75 Å². The van der Waals surface area contributed by atoms with Crippen LogP contribution in [0.5, 0.6) is 5.75 Å². The largest absolute Gasteiger partial charge is 0.508 e. The highest BCUT2D eigenvalue weighted by molar-refractivity contribution is 6.00. The molecular formula is C12H16N2O4. The molecule has 1 atom stereocenters. The van der Waals surface area contributed by atoms with Crippen LogP contribution in [-0.2, 0) is 4.79 Å². The zero-order valence-electron chi connectivity index (χ0n) is 10.0. The molecule has 0 aliphatic heterocycles. The van der Waals surface area contributed by atoms with Gasteiger partial charge in [0.25, 0.3) is 0 Å². The minimum Gasteiger partial charge on any atom is -0.508 e. The smallest absolute Gasteiger partial charge is 0.337 e. The number of carbonyl (C=O) groups is 2. The standard InChI is InChI=1S/C12H16N2O4/c1-2-7(13)5-11(16)14-10-4-3-8(15)6-9(10)12(17)18/h3-4,6-7,15H,2,5,13H2,1H3,(H,14,16)(H,17,18). The summed E-state index contributed by atoms with van der Waals surface area (Å²) in [7, 11) is 0. The van der Waals surface area contributed by atoms with Crippen molar-refractivity contribution in [3.05, 3.63) is 23.8 Å². The average molecular weight is 252 g/mol. The van der Waals surface area contributed by atoms with Gasteiger partial charge < -0.3 is 21.3 Å². The van der Waals surface area contributed by atoms with E-state index in [0.29, 0.717) is 6.42 Å². The SMILES string of the molecule is CCC(N)CC(=O)Nc1ccc(O)cc1C(=O)O. The molecule has 18 heavy (non-hydrogen) atoms. The summed E-state index contributed by atoms with van der Waals surface area (Å²) in [6.45, 7) is 1.86. The van der Waals surface area contributed by atoms with E-state index in [2.05, 4.69) is 5.32 Å². The lowest BCUT2D eigenvalue weighted by Crippen LogP contribution is -2.26. The number of aromatic hydroxyl groups is 1. The molecule has 0 aliphatic rings. The molecule has 6 nitrogen and oxygen atoms in total. The summed E-state index contributed by atoms with van der Waals surface area (Å²) in [4.78, 5) is 22.5. The molecule has 0 saturated carbocycles. The fraction of sp³-hybridized carbons (Fsp3) is 0.333. The third-order valence-electron chi connectivity index (χ3n) is 2.48. The summed E-state index contributed by atoms with van der Waals surface area (Å²) in [6.07, 6.45) is 0.783. The molecule has 6 heteroatoms. The lowest BCUT2D eigenvalue weighted by atomic mass is 10.1. The van der Waals surface area contributed by atoms with Crippen LogP contribution in [0.25, 0.3) is 0 Å². The van der Waals surface area contributed by atoms with Crippen LogP contribution in [-0.4, -0.2) is 28.1 Å². The normalized spacial score (nSPS) is 11.9. The summed E-state index contributed by atoms with van der Waals surface area (Å²) in [6, 6.07) is 3.48. The number of carboxylic acid groups (broad SMARTS) is 1. The third kappa shape index (κ3) is 3.74. The van der Waals surface area contributed by atoms with Crippen LogP contribution in [0.3, 0.4) is 0 Å². The van der Waals surface area contributed by atoms with Crippen molar-refractivity contribution in [1.29, 1.82) is 0 Å². The summed E-state index contributed by atoms with van der Waals surface area (Å²) in [5, 5.41) is 20.6. The predicted octanol–water partition coefficient (Wildman–Crippen LogP) is 1.16. The first-order valence-electron chi connectivity index (χ1n) is 5.55. The van der Waals surface area contributed by atoms with Gasteiger partial charge in [-0.3, -0.25) is 4.79 Å². The summed E-state index contributed by atoms with van der Waals surface area (Å²) in [5.41, 5.74) is 5.62. The monoisotopic (exact) mass is 252 g/mol. The highest BCUT2D eigenvalue weighted by Gasteiger charge is 2.14. The molecule has 0 spiro atoms. The number of carboxylic acids is 1. The molecule has 5 N–H and O–H groups in total. The Balaban J connectivity index is 2.84. The molecule has 0 aromatic heterocycles. The van der Waals surface area contributed by atoms with E-state index >= 15 is 0 Å². The Hall–Kier alpha value is -2.08. The summed E-state index contributed by atoms with van der Waals surface area (Å²) >= 11 is 0. The number of phenols is 1. The Morgan fingerprint density at radius 2 is 2.11 bits per heavy atom. The maximum atomic E-state index is 11.6. The maximum absolute atomic E-state index is 11.6. The lowest BCUT2D eigenvalue weighted by Gasteiger charge is -2.11. The van der Waals surface area contributed by atoms with Gasteiger partial charge >= 0.3 is 5.97 Å². The average Bonchev–Trinajstić information content (AvgIpc) is 2.30. The number of phenolic OH excluding ortho intramolecular Hbond substituents is 1. The molecule has 0 radical (unpaired) electrons. The van der Waals surface area contributed by atoms with Gasteiger partial charge in [-0.1, -0.05) is 6.92 Å². The Bertz CT molecular complexity index is 459. The van der Waals surface area contributed by atoms with Gasteiger partial charge in [-0.15, -0.1) is 0 Å². The van der Waals surface area contributed by atoms with Gasteiger partial charge in [0, 0.05) is 12.5 Å². The van der Waals surface area contributed by atoms with E-state index < -0.39 is 5.97 Å². The van der Waals surface area contributed by atoms with Crippen molar-refractivity contribution in [2.75, 3.05) is 5.32 Å². The first kappa shape index (κ1) is 14.0. The van der Waals surface area contributed by atoms with Gasteiger partial charge in [0.2, 0.25) is 5.91 Å². The molecule has 0 heterocycles. The minimum absolute atomic E-state index is 0.121. The van der Waals surface area contributed by atoms with E-state index in [1.54, 1.807) is 0 Å². The topological polar surface area (TPSA) is 113 Å². The molecule has 1 aromatic carbocycles. The molecule has 98 valence electrons.